The second-order valence-corrected chi connectivity index (χ2v) is 6.73. The van der Waals surface area contributed by atoms with Gasteiger partial charge in [-0.15, -0.1) is 26.3 Å². The van der Waals surface area contributed by atoms with Crippen LogP contribution in [-0.4, -0.2) is 30.1 Å². The van der Waals surface area contributed by atoms with Crippen LogP contribution in [0.4, 0.5) is 35.1 Å². The van der Waals surface area contributed by atoms with Crippen molar-refractivity contribution in [1.82, 2.24) is 0 Å². The SMILES string of the molecule is O=C(O)c1c(Br)ccc(OC(F)(F)F)c1F.O=Cc1c(Br)ccc(OC(F)(F)F)c1F. The first kappa shape index (κ1) is 26.6. The lowest BCUT2D eigenvalue weighted by Crippen LogP contribution is -2.19. The van der Waals surface area contributed by atoms with E-state index in [1.165, 1.54) is 0 Å². The Kier molecular flexibility index (Phi) is 8.81. The van der Waals surface area contributed by atoms with Gasteiger partial charge in [0, 0.05) is 8.95 Å². The molecule has 0 saturated carbocycles. The van der Waals surface area contributed by atoms with Gasteiger partial charge in [0.15, 0.2) is 29.4 Å². The Balaban J connectivity index is 0.000000311. The summed E-state index contributed by atoms with van der Waals surface area (Å²) in [5.41, 5.74) is -1.43. The number of ether oxygens (including phenoxy) is 2. The van der Waals surface area contributed by atoms with Crippen LogP contribution in [-0.2, 0) is 0 Å². The van der Waals surface area contributed by atoms with Crippen LogP contribution in [0.15, 0.2) is 33.2 Å². The van der Waals surface area contributed by atoms with E-state index in [1.807, 2.05) is 0 Å². The average molecular weight is 590 g/mol. The highest BCUT2D eigenvalue weighted by Crippen LogP contribution is 2.32. The lowest BCUT2D eigenvalue weighted by Gasteiger charge is -2.11. The Hall–Kier alpha value is -2.42. The molecule has 0 bridgehead atoms. The van der Waals surface area contributed by atoms with Gasteiger partial charge in [-0.3, -0.25) is 4.79 Å². The Labute approximate surface area is 183 Å². The van der Waals surface area contributed by atoms with E-state index in [1.54, 1.807) is 0 Å². The number of hydrogen-bond donors (Lipinski definition) is 1. The van der Waals surface area contributed by atoms with E-state index >= 15 is 0 Å². The van der Waals surface area contributed by atoms with E-state index < -0.39 is 53.0 Å². The molecule has 31 heavy (non-hydrogen) atoms. The zero-order valence-electron chi connectivity index (χ0n) is 14.2. The summed E-state index contributed by atoms with van der Waals surface area (Å²) < 4.78 is 104. The lowest BCUT2D eigenvalue weighted by molar-refractivity contribution is -0.276. The fraction of sp³-hybridized carbons (Fsp3) is 0.125. The number of halogens is 10. The summed E-state index contributed by atoms with van der Waals surface area (Å²) in [5.74, 6) is -6.85. The molecule has 0 aromatic heterocycles. The molecule has 15 heteroatoms. The summed E-state index contributed by atoms with van der Waals surface area (Å²) >= 11 is 5.52. The minimum atomic E-state index is -5.08. The molecule has 0 heterocycles. The van der Waals surface area contributed by atoms with E-state index in [-0.39, 0.29) is 15.2 Å². The minimum Gasteiger partial charge on any atom is -0.478 e. The van der Waals surface area contributed by atoms with Gasteiger partial charge in [-0.2, -0.15) is 0 Å². The van der Waals surface area contributed by atoms with Gasteiger partial charge in [0.05, 0.1) is 5.56 Å². The quantitative estimate of drug-likeness (QED) is 0.326. The van der Waals surface area contributed by atoms with E-state index in [4.69, 9.17) is 5.11 Å². The Morgan fingerprint density at radius 1 is 0.839 bits per heavy atom. The third kappa shape index (κ3) is 7.97. The molecule has 0 amide bonds. The summed E-state index contributed by atoms with van der Waals surface area (Å²) in [4.78, 5) is 20.9. The van der Waals surface area contributed by atoms with Crippen LogP contribution in [0.25, 0.3) is 0 Å². The molecular weight excluding hydrogens is 584 g/mol. The molecule has 1 N–H and O–H groups in total. The molecule has 170 valence electrons. The van der Waals surface area contributed by atoms with Gasteiger partial charge in [-0.1, -0.05) is 0 Å². The fourth-order valence-electron chi connectivity index (χ4n) is 1.79. The number of hydrogen-bond acceptors (Lipinski definition) is 4. The predicted molar refractivity (Wildman–Crippen MR) is 93.9 cm³/mol. The zero-order valence-corrected chi connectivity index (χ0v) is 17.4. The molecule has 0 atom stereocenters. The van der Waals surface area contributed by atoms with Gasteiger partial charge in [-0.25, -0.2) is 13.6 Å². The van der Waals surface area contributed by atoms with E-state index in [0.29, 0.717) is 6.07 Å². The van der Waals surface area contributed by atoms with E-state index in [0.717, 1.165) is 18.2 Å². The van der Waals surface area contributed by atoms with Crippen molar-refractivity contribution in [2.75, 3.05) is 0 Å². The zero-order chi connectivity index (χ0) is 24.1. The third-order valence-corrected chi connectivity index (χ3v) is 4.28. The summed E-state index contributed by atoms with van der Waals surface area (Å²) in [7, 11) is 0. The smallest absolute Gasteiger partial charge is 0.478 e. The summed E-state index contributed by atoms with van der Waals surface area (Å²) in [6.45, 7) is 0. The first-order chi connectivity index (χ1) is 14.1. The van der Waals surface area contributed by atoms with Gasteiger partial charge in [-0.05, 0) is 56.1 Å². The van der Waals surface area contributed by atoms with Crippen LogP contribution in [0.5, 0.6) is 11.5 Å². The van der Waals surface area contributed by atoms with Crippen LogP contribution in [0.3, 0.4) is 0 Å². The lowest BCUT2D eigenvalue weighted by atomic mass is 10.2. The maximum Gasteiger partial charge on any atom is 0.573 e. The first-order valence-corrected chi connectivity index (χ1v) is 8.82. The van der Waals surface area contributed by atoms with Gasteiger partial charge < -0.3 is 14.6 Å². The maximum absolute atomic E-state index is 13.3. The van der Waals surface area contributed by atoms with Crippen molar-refractivity contribution in [3.05, 3.63) is 56.0 Å². The average Bonchev–Trinajstić information content (AvgIpc) is 2.59. The number of benzene rings is 2. The van der Waals surface area contributed by atoms with Crippen molar-refractivity contribution in [1.29, 1.82) is 0 Å². The molecule has 0 fully saturated rings. The first-order valence-electron chi connectivity index (χ1n) is 7.23. The summed E-state index contributed by atoms with van der Waals surface area (Å²) in [6, 6.07) is 3.50. The van der Waals surface area contributed by atoms with Gasteiger partial charge >= 0.3 is 18.7 Å². The Morgan fingerprint density at radius 3 is 1.65 bits per heavy atom. The molecule has 0 aliphatic rings. The van der Waals surface area contributed by atoms with Gasteiger partial charge in [0.1, 0.15) is 5.56 Å². The second-order valence-electron chi connectivity index (χ2n) is 5.03. The summed E-state index contributed by atoms with van der Waals surface area (Å²) in [6.07, 6.45) is -9.97. The molecule has 2 rings (SSSR count). The summed E-state index contributed by atoms with van der Waals surface area (Å²) in [5, 5.41) is 8.56. The van der Waals surface area contributed by atoms with Crippen molar-refractivity contribution < 1.29 is 59.3 Å². The number of aromatic carboxylic acids is 1. The van der Waals surface area contributed by atoms with E-state index in [9.17, 15) is 44.7 Å². The second kappa shape index (κ2) is 10.3. The number of rotatable bonds is 4. The molecule has 2 aromatic carbocycles. The van der Waals surface area contributed by atoms with Crippen molar-refractivity contribution in [3.8, 4) is 11.5 Å². The highest BCUT2D eigenvalue weighted by molar-refractivity contribution is 9.10. The molecule has 2 aromatic rings. The minimum absolute atomic E-state index is 0.0597. The van der Waals surface area contributed by atoms with Crippen LogP contribution in [0.2, 0.25) is 0 Å². The molecule has 0 unspecified atom stereocenters. The fourth-order valence-corrected chi connectivity index (χ4v) is 2.67. The molecular formula is C16H6Br2F8O5. The number of aldehydes is 1. The molecule has 0 spiro atoms. The van der Waals surface area contributed by atoms with E-state index in [2.05, 4.69) is 41.3 Å². The predicted octanol–water partition coefficient (Wildman–Crippen LogP) is 6.48. The maximum atomic E-state index is 13.3. The third-order valence-electron chi connectivity index (χ3n) is 2.93. The number of carboxylic acid groups (broad SMARTS) is 1. The Bertz CT molecular complexity index is 976. The van der Waals surface area contributed by atoms with Crippen molar-refractivity contribution >= 4 is 44.1 Å². The number of carbonyl (C=O) groups excluding carboxylic acids is 1. The molecule has 0 aliphatic heterocycles. The van der Waals surface area contributed by atoms with Crippen molar-refractivity contribution in [2.24, 2.45) is 0 Å². The number of alkyl halides is 6. The van der Waals surface area contributed by atoms with Crippen LogP contribution >= 0.6 is 31.9 Å². The standard InChI is InChI=1S/C8H3BrF4O3.C8H3BrF4O2/c9-3-1-2-4(16-8(11,12)13)6(10)5(3)7(14)15;9-5-1-2-6(15-8(11,12)13)7(10)4(5)3-14/h1-2H,(H,14,15);1-3H. The molecule has 0 radical (unpaired) electrons. The molecule has 0 saturated heterocycles. The normalized spacial score (nSPS) is 11.3. The van der Waals surface area contributed by atoms with Crippen LogP contribution in [0.1, 0.15) is 20.7 Å². The van der Waals surface area contributed by atoms with Crippen molar-refractivity contribution in [2.45, 2.75) is 12.7 Å². The van der Waals surface area contributed by atoms with Crippen molar-refractivity contribution in [3.63, 3.8) is 0 Å². The highest BCUT2D eigenvalue weighted by atomic mass is 79.9. The highest BCUT2D eigenvalue weighted by Gasteiger charge is 2.34. The number of carbonyl (C=O) groups is 2. The van der Waals surface area contributed by atoms with Crippen LogP contribution < -0.4 is 9.47 Å². The van der Waals surface area contributed by atoms with Gasteiger partial charge in [0.25, 0.3) is 0 Å². The Morgan fingerprint density at radius 2 is 1.26 bits per heavy atom. The number of carboxylic acids is 1. The van der Waals surface area contributed by atoms with Gasteiger partial charge in [0.2, 0.25) is 0 Å². The molecule has 0 aliphatic carbocycles. The monoisotopic (exact) mass is 588 g/mol. The topological polar surface area (TPSA) is 72.8 Å². The van der Waals surface area contributed by atoms with Crippen LogP contribution in [0, 0.1) is 11.6 Å². The largest absolute Gasteiger partial charge is 0.573 e. The molecule has 5 nitrogen and oxygen atoms in total.